The molecule has 1 aliphatic heterocycles. The normalized spacial score (nSPS) is 16.3. The molecule has 37 heavy (non-hydrogen) atoms. The predicted octanol–water partition coefficient (Wildman–Crippen LogP) is 4.91. The van der Waals surface area contributed by atoms with Gasteiger partial charge >= 0.3 is 0 Å². The molecule has 0 spiro atoms. The number of nitrogens with zero attached hydrogens (tertiary/aromatic N) is 2. The number of methoxy groups -OCH3 is 1. The average Bonchev–Trinajstić information content (AvgIpc) is 2.90. The number of rotatable bonds is 7. The number of piperidine rings is 1. The molecule has 0 saturated carbocycles. The summed E-state index contributed by atoms with van der Waals surface area (Å²) in [4.78, 5) is 6.53. The average molecular weight is 513 g/mol. The first-order valence-corrected chi connectivity index (χ1v) is 12.3. The first-order valence-electron chi connectivity index (χ1n) is 12.3. The van der Waals surface area contributed by atoms with Crippen molar-refractivity contribution in [2.75, 3.05) is 33.4 Å². The third-order valence-corrected chi connectivity index (χ3v) is 7.37. The van der Waals surface area contributed by atoms with Gasteiger partial charge in [-0.15, -0.1) is 0 Å². The number of hydrogen-bond acceptors (Lipinski definition) is 5. The second-order valence-corrected chi connectivity index (χ2v) is 9.78. The predicted molar refractivity (Wildman–Crippen MR) is 136 cm³/mol. The molecule has 0 amide bonds. The van der Waals surface area contributed by atoms with E-state index in [1.807, 2.05) is 25.1 Å². The second kappa shape index (κ2) is 11.5. The number of hydrogen-bond donors (Lipinski definition) is 2. The van der Waals surface area contributed by atoms with Gasteiger partial charge in [0.25, 0.3) is 0 Å². The Morgan fingerprint density at radius 3 is 2.62 bits per heavy atom. The van der Waals surface area contributed by atoms with E-state index >= 15 is 0 Å². The van der Waals surface area contributed by atoms with Crippen LogP contribution in [0.3, 0.4) is 0 Å². The Hall–Kier alpha value is -3.12. The van der Waals surface area contributed by atoms with Gasteiger partial charge in [0.2, 0.25) is 0 Å². The highest BCUT2D eigenvalue weighted by atomic mass is 19.2. The van der Waals surface area contributed by atoms with Crippen molar-refractivity contribution in [2.24, 2.45) is 5.41 Å². The molecule has 1 saturated heterocycles. The lowest BCUT2D eigenvalue weighted by molar-refractivity contribution is 0.0273. The fraction of sp³-hybridized carbons (Fsp3) is 0.414. The third-order valence-electron chi connectivity index (χ3n) is 7.37. The Kier molecular flexibility index (Phi) is 8.38. The van der Waals surface area contributed by atoms with Crippen LogP contribution in [0.15, 0.2) is 36.5 Å². The van der Waals surface area contributed by atoms with E-state index in [0.29, 0.717) is 57.1 Å². The topological polar surface area (TPSA) is 65.8 Å². The summed E-state index contributed by atoms with van der Waals surface area (Å²) in [5.74, 6) is 2.74. The lowest BCUT2D eigenvalue weighted by atomic mass is 9.74. The van der Waals surface area contributed by atoms with Crippen LogP contribution in [0.4, 0.5) is 13.2 Å². The molecule has 5 nitrogen and oxygen atoms in total. The van der Waals surface area contributed by atoms with Crippen LogP contribution in [0.25, 0.3) is 10.9 Å². The molecule has 1 aromatic heterocycles. The lowest BCUT2D eigenvalue weighted by Crippen LogP contribution is -2.42. The molecule has 1 aliphatic rings. The molecule has 1 unspecified atom stereocenters. The number of aliphatic hydroxyl groups is 2. The molecule has 2 heterocycles. The molecule has 0 bridgehead atoms. The third kappa shape index (κ3) is 6.07. The number of pyridine rings is 1. The van der Waals surface area contributed by atoms with E-state index in [4.69, 9.17) is 4.74 Å². The van der Waals surface area contributed by atoms with Gasteiger partial charge in [-0.3, -0.25) is 9.88 Å². The lowest BCUT2D eigenvalue weighted by Gasteiger charge is -2.40. The maximum Gasteiger partial charge on any atom is 0.174 e. The SMILES string of the molecule is COc1ccc2ncc(C)c(C(O)CCC3(CO)CCN(CC#Cc4cc(F)cc(F)c4F)CC3)c2c1. The quantitative estimate of drug-likeness (QED) is 0.348. The maximum atomic E-state index is 13.8. The van der Waals surface area contributed by atoms with Gasteiger partial charge in [-0.2, -0.15) is 0 Å². The summed E-state index contributed by atoms with van der Waals surface area (Å²) in [5, 5.41) is 22.3. The van der Waals surface area contributed by atoms with Gasteiger partial charge in [0, 0.05) is 24.3 Å². The minimum Gasteiger partial charge on any atom is -0.497 e. The van der Waals surface area contributed by atoms with E-state index in [1.54, 1.807) is 13.3 Å². The summed E-state index contributed by atoms with van der Waals surface area (Å²) in [5.41, 5.74) is 1.88. The summed E-state index contributed by atoms with van der Waals surface area (Å²) in [6.07, 6.45) is 3.60. The number of likely N-dealkylation sites (tertiary alicyclic amines) is 1. The Labute approximate surface area is 214 Å². The van der Waals surface area contributed by atoms with Crippen LogP contribution < -0.4 is 4.74 Å². The largest absolute Gasteiger partial charge is 0.497 e. The van der Waals surface area contributed by atoms with Gasteiger partial charge < -0.3 is 14.9 Å². The van der Waals surface area contributed by atoms with Crippen molar-refractivity contribution >= 4 is 10.9 Å². The second-order valence-electron chi connectivity index (χ2n) is 9.78. The first-order chi connectivity index (χ1) is 17.7. The maximum absolute atomic E-state index is 13.8. The van der Waals surface area contributed by atoms with E-state index in [1.165, 1.54) is 0 Å². The number of benzene rings is 2. The van der Waals surface area contributed by atoms with E-state index < -0.39 is 23.6 Å². The van der Waals surface area contributed by atoms with Crippen LogP contribution >= 0.6 is 0 Å². The molecule has 0 radical (unpaired) electrons. The Bertz CT molecular complexity index is 1330. The summed E-state index contributed by atoms with van der Waals surface area (Å²) in [7, 11) is 1.60. The van der Waals surface area contributed by atoms with E-state index in [0.717, 1.165) is 28.1 Å². The minimum absolute atomic E-state index is 0.0108. The van der Waals surface area contributed by atoms with Crippen molar-refractivity contribution in [3.63, 3.8) is 0 Å². The fourth-order valence-electron chi connectivity index (χ4n) is 5.01. The zero-order chi connectivity index (χ0) is 26.6. The molecule has 8 heteroatoms. The number of ether oxygens (including phenoxy) is 1. The number of aromatic nitrogens is 1. The Morgan fingerprint density at radius 1 is 1.16 bits per heavy atom. The van der Waals surface area contributed by atoms with Gasteiger partial charge in [0.15, 0.2) is 11.6 Å². The zero-order valence-corrected chi connectivity index (χ0v) is 21.0. The molecule has 3 aromatic rings. The Morgan fingerprint density at radius 2 is 1.92 bits per heavy atom. The molecule has 2 N–H and O–H groups in total. The summed E-state index contributed by atoms with van der Waals surface area (Å²) >= 11 is 0. The van der Waals surface area contributed by atoms with Crippen molar-refractivity contribution in [1.29, 1.82) is 0 Å². The highest BCUT2D eigenvalue weighted by Crippen LogP contribution is 2.39. The van der Waals surface area contributed by atoms with Crippen LogP contribution in [0.5, 0.6) is 5.75 Å². The van der Waals surface area contributed by atoms with Crippen molar-refractivity contribution in [2.45, 2.75) is 38.7 Å². The molecule has 4 rings (SSSR count). The van der Waals surface area contributed by atoms with Gasteiger partial charge in [-0.05, 0) is 86.5 Å². The van der Waals surface area contributed by atoms with Crippen LogP contribution in [0, 0.1) is 41.6 Å². The van der Waals surface area contributed by atoms with E-state index in [2.05, 4.69) is 21.7 Å². The molecule has 0 aliphatic carbocycles. The standard InChI is InChI=1S/C29H31F3N2O3/c1-19-17-33-25-6-5-22(37-2)16-23(25)27(19)26(36)7-8-29(18-35)9-12-34(13-10-29)11-3-4-20-14-21(30)15-24(31)28(20)32/h5-6,14-17,26,35-36H,7-13,18H2,1-2H3. The fourth-order valence-corrected chi connectivity index (χ4v) is 5.01. The molecule has 2 aromatic carbocycles. The van der Waals surface area contributed by atoms with Crippen LogP contribution in [-0.2, 0) is 0 Å². The highest BCUT2D eigenvalue weighted by Gasteiger charge is 2.34. The monoisotopic (exact) mass is 512 g/mol. The van der Waals surface area contributed by atoms with Gasteiger partial charge in [-0.25, -0.2) is 13.2 Å². The van der Waals surface area contributed by atoms with Crippen molar-refractivity contribution in [1.82, 2.24) is 9.88 Å². The van der Waals surface area contributed by atoms with E-state index in [-0.39, 0.29) is 17.6 Å². The number of aryl methyl sites for hydroxylation is 1. The summed E-state index contributed by atoms with van der Waals surface area (Å²) < 4.78 is 45.9. The van der Waals surface area contributed by atoms with Crippen LogP contribution in [0.1, 0.15) is 48.5 Å². The van der Waals surface area contributed by atoms with Gasteiger partial charge in [0.05, 0.1) is 30.8 Å². The van der Waals surface area contributed by atoms with Gasteiger partial charge in [0.1, 0.15) is 11.6 Å². The van der Waals surface area contributed by atoms with Crippen LogP contribution in [0.2, 0.25) is 0 Å². The first kappa shape index (κ1) is 26.9. The van der Waals surface area contributed by atoms with E-state index in [9.17, 15) is 23.4 Å². The molecular formula is C29H31F3N2O3. The van der Waals surface area contributed by atoms with Crippen LogP contribution in [-0.4, -0.2) is 53.4 Å². The zero-order valence-electron chi connectivity index (χ0n) is 21.0. The molecule has 196 valence electrons. The summed E-state index contributed by atoms with van der Waals surface area (Å²) in [6.45, 7) is 3.60. The smallest absolute Gasteiger partial charge is 0.174 e. The van der Waals surface area contributed by atoms with Crippen molar-refractivity contribution < 1.29 is 28.1 Å². The molecule has 1 fully saturated rings. The summed E-state index contributed by atoms with van der Waals surface area (Å²) in [6, 6.07) is 6.97. The van der Waals surface area contributed by atoms with Gasteiger partial charge in [-0.1, -0.05) is 11.8 Å². The molecular weight excluding hydrogens is 481 g/mol. The van der Waals surface area contributed by atoms with Crippen molar-refractivity contribution in [3.05, 3.63) is 70.7 Å². The number of halogens is 3. The number of aliphatic hydroxyl groups excluding tert-OH is 2. The highest BCUT2D eigenvalue weighted by molar-refractivity contribution is 5.84. The number of fused-ring (bicyclic) bond motifs is 1. The molecule has 1 atom stereocenters. The Balaban J connectivity index is 1.38. The minimum atomic E-state index is -1.26. The van der Waals surface area contributed by atoms with Crippen molar-refractivity contribution in [3.8, 4) is 17.6 Å².